The first-order valence-electron chi connectivity index (χ1n) is 7.68. The maximum Gasteiger partial charge on any atom is 0.106 e. The molecule has 0 aliphatic rings. The summed E-state index contributed by atoms with van der Waals surface area (Å²) in [7, 11) is 0. The van der Waals surface area contributed by atoms with Gasteiger partial charge in [0, 0.05) is 0 Å². The average Bonchev–Trinajstić information content (AvgIpc) is 2.65. The van der Waals surface area contributed by atoms with Crippen LogP contribution in [-0.2, 0) is 5.41 Å². The smallest absolute Gasteiger partial charge is 0.0907 e. The summed E-state index contributed by atoms with van der Waals surface area (Å²) in [6.45, 7) is 3.77. The highest BCUT2D eigenvalue weighted by atomic mass is 14.3. The van der Waals surface area contributed by atoms with Crippen molar-refractivity contribution >= 4 is 0 Å². The van der Waals surface area contributed by atoms with Crippen molar-refractivity contribution in [1.82, 2.24) is 0 Å². The Labute approximate surface area is 138 Å². The van der Waals surface area contributed by atoms with Gasteiger partial charge in [0.25, 0.3) is 0 Å². The van der Waals surface area contributed by atoms with E-state index in [1.54, 1.807) is 6.08 Å². The molecule has 110 valence electrons. The molecule has 23 heavy (non-hydrogen) atoms. The number of benzene rings is 3. The Morgan fingerprint density at radius 3 is 1.26 bits per heavy atom. The third kappa shape index (κ3) is 2.82. The molecular formula is C23H18. The zero-order chi connectivity index (χ0) is 16.0. The SMILES string of the molecule is C=CC#CC(c1ccccc1)(c1ccccc1)c1ccccc1. The topological polar surface area (TPSA) is 0 Å². The summed E-state index contributed by atoms with van der Waals surface area (Å²) >= 11 is 0. The van der Waals surface area contributed by atoms with Crippen molar-refractivity contribution in [2.24, 2.45) is 0 Å². The molecule has 0 aromatic heterocycles. The molecule has 3 rings (SSSR count). The van der Waals surface area contributed by atoms with E-state index < -0.39 is 5.41 Å². The quantitative estimate of drug-likeness (QED) is 0.459. The lowest BCUT2D eigenvalue weighted by atomic mass is 9.70. The summed E-state index contributed by atoms with van der Waals surface area (Å²) in [6, 6.07) is 31.3. The number of hydrogen-bond acceptors (Lipinski definition) is 0. The molecule has 3 aromatic carbocycles. The second-order valence-electron chi connectivity index (χ2n) is 5.32. The fraction of sp³-hybridized carbons (Fsp3) is 0.0435. The van der Waals surface area contributed by atoms with Gasteiger partial charge in [-0.05, 0) is 22.8 Å². The van der Waals surface area contributed by atoms with Crippen LogP contribution in [0.1, 0.15) is 16.7 Å². The Balaban J connectivity index is 2.37. The summed E-state index contributed by atoms with van der Waals surface area (Å²) in [5.41, 5.74) is 2.98. The molecule has 0 spiro atoms. The lowest BCUT2D eigenvalue weighted by Crippen LogP contribution is -2.27. The Morgan fingerprint density at radius 1 is 0.609 bits per heavy atom. The van der Waals surface area contributed by atoms with Crippen LogP contribution in [0.5, 0.6) is 0 Å². The molecule has 3 aromatic rings. The standard InChI is InChI=1S/C23H18/c1-2-3-19-23(20-13-7-4-8-14-20,21-15-9-5-10-16-21)22-17-11-6-12-18-22/h2,4-18H,1H2. The summed E-state index contributed by atoms with van der Waals surface area (Å²) < 4.78 is 0. The van der Waals surface area contributed by atoms with Crippen LogP contribution < -0.4 is 0 Å². The largest absolute Gasteiger partial charge is 0.106 e. The van der Waals surface area contributed by atoms with Gasteiger partial charge in [-0.1, -0.05) is 109 Å². The molecule has 0 saturated carbocycles. The van der Waals surface area contributed by atoms with Crippen LogP contribution in [0.15, 0.2) is 104 Å². The van der Waals surface area contributed by atoms with Crippen LogP contribution in [0.3, 0.4) is 0 Å². The van der Waals surface area contributed by atoms with Gasteiger partial charge in [-0.15, -0.1) is 0 Å². The van der Waals surface area contributed by atoms with E-state index in [0.717, 1.165) is 16.7 Å². The van der Waals surface area contributed by atoms with Gasteiger partial charge >= 0.3 is 0 Å². The highest BCUT2D eigenvalue weighted by Gasteiger charge is 2.34. The first kappa shape index (κ1) is 14.9. The molecule has 0 aliphatic carbocycles. The zero-order valence-corrected chi connectivity index (χ0v) is 12.9. The van der Waals surface area contributed by atoms with Gasteiger partial charge in [0.15, 0.2) is 0 Å². The van der Waals surface area contributed by atoms with Crippen molar-refractivity contribution in [1.29, 1.82) is 0 Å². The van der Waals surface area contributed by atoms with Gasteiger partial charge in [-0.3, -0.25) is 0 Å². The number of allylic oxidation sites excluding steroid dienone is 1. The fourth-order valence-corrected chi connectivity index (χ4v) is 2.94. The molecule has 0 radical (unpaired) electrons. The Kier molecular flexibility index (Phi) is 4.41. The average molecular weight is 294 g/mol. The minimum atomic E-state index is -0.502. The first-order chi connectivity index (χ1) is 11.4. The molecule has 0 fully saturated rings. The van der Waals surface area contributed by atoms with Crippen molar-refractivity contribution in [2.75, 3.05) is 0 Å². The Bertz CT molecular complexity index is 722. The highest BCUT2D eigenvalue weighted by Crippen LogP contribution is 2.38. The molecule has 0 nitrogen and oxygen atoms in total. The Morgan fingerprint density at radius 2 is 0.957 bits per heavy atom. The van der Waals surface area contributed by atoms with Crippen LogP contribution in [0.25, 0.3) is 0 Å². The molecule has 0 aliphatic heterocycles. The minimum absolute atomic E-state index is 0.502. The zero-order valence-electron chi connectivity index (χ0n) is 12.9. The van der Waals surface area contributed by atoms with Gasteiger partial charge in [0.05, 0.1) is 0 Å². The van der Waals surface area contributed by atoms with Crippen LogP contribution >= 0.6 is 0 Å². The molecule has 0 bridgehead atoms. The second-order valence-corrected chi connectivity index (χ2v) is 5.32. The van der Waals surface area contributed by atoms with Crippen molar-refractivity contribution in [3.8, 4) is 11.8 Å². The summed E-state index contributed by atoms with van der Waals surface area (Å²) in [5, 5.41) is 0. The summed E-state index contributed by atoms with van der Waals surface area (Å²) in [5.74, 6) is 6.56. The van der Waals surface area contributed by atoms with E-state index in [1.807, 2.05) is 18.2 Å². The molecule has 0 saturated heterocycles. The molecule has 0 N–H and O–H groups in total. The van der Waals surface area contributed by atoms with E-state index in [0.29, 0.717) is 0 Å². The van der Waals surface area contributed by atoms with E-state index >= 15 is 0 Å². The monoisotopic (exact) mass is 294 g/mol. The fourth-order valence-electron chi connectivity index (χ4n) is 2.94. The van der Waals surface area contributed by atoms with E-state index in [-0.39, 0.29) is 0 Å². The predicted molar refractivity (Wildman–Crippen MR) is 97.2 cm³/mol. The van der Waals surface area contributed by atoms with Gasteiger partial charge in [0.1, 0.15) is 5.41 Å². The summed E-state index contributed by atoms with van der Waals surface area (Å²) in [4.78, 5) is 0. The lowest BCUT2D eigenvalue weighted by molar-refractivity contribution is 0.809. The minimum Gasteiger partial charge on any atom is -0.0907 e. The van der Waals surface area contributed by atoms with Crippen molar-refractivity contribution in [3.05, 3.63) is 120 Å². The number of hydrogen-bond donors (Lipinski definition) is 0. The van der Waals surface area contributed by atoms with Crippen LogP contribution in [0.2, 0.25) is 0 Å². The van der Waals surface area contributed by atoms with Gasteiger partial charge in [-0.25, -0.2) is 0 Å². The van der Waals surface area contributed by atoms with Gasteiger partial charge in [-0.2, -0.15) is 0 Å². The maximum absolute atomic E-state index is 3.77. The van der Waals surface area contributed by atoms with Crippen LogP contribution in [-0.4, -0.2) is 0 Å². The Hall–Kier alpha value is -3.04. The first-order valence-corrected chi connectivity index (χ1v) is 7.68. The van der Waals surface area contributed by atoms with Gasteiger partial charge in [0.2, 0.25) is 0 Å². The third-order valence-corrected chi connectivity index (χ3v) is 3.98. The maximum atomic E-state index is 3.77. The van der Waals surface area contributed by atoms with Crippen LogP contribution in [0.4, 0.5) is 0 Å². The summed E-state index contributed by atoms with van der Waals surface area (Å²) in [6.07, 6.45) is 1.66. The van der Waals surface area contributed by atoms with Crippen molar-refractivity contribution in [3.63, 3.8) is 0 Å². The van der Waals surface area contributed by atoms with E-state index in [9.17, 15) is 0 Å². The van der Waals surface area contributed by atoms with Gasteiger partial charge < -0.3 is 0 Å². The van der Waals surface area contributed by atoms with E-state index in [2.05, 4.69) is 91.2 Å². The molecule has 0 heterocycles. The molecule has 0 atom stereocenters. The van der Waals surface area contributed by atoms with E-state index in [1.165, 1.54) is 0 Å². The van der Waals surface area contributed by atoms with Crippen LogP contribution in [0, 0.1) is 11.8 Å². The van der Waals surface area contributed by atoms with Crippen molar-refractivity contribution < 1.29 is 0 Å². The van der Waals surface area contributed by atoms with Crippen molar-refractivity contribution in [2.45, 2.75) is 5.41 Å². The molecule has 0 heteroatoms. The number of rotatable bonds is 3. The van der Waals surface area contributed by atoms with E-state index in [4.69, 9.17) is 0 Å². The second kappa shape index (κ2) is 6.81. The normalized spacial score (nSPS) is 10.4. The molecule has 0 unspecified atom stereocenters. The third-order valence-electron chi connectivity index (χ3n) is 3.98. The highest BCUT2D eigenvalue weighted by molar-refractivity contribution is 5.58. The molecule has 0 amide bonds. The molecular weight excluding hydrogens is 276 g/mol. The predicted octanol–water partition coefficient (Wildman–Crippen LogP) is 5.21. The lowest BCUT2D eigenvalue weighted by Gasteiger charge is -2.30.